The van der Waals surface area contributed by atoms with E-state index in [-0.39, 0.29) is 12.4 Å². The monoisotopic (exact) mass is 460 g/mol. The van der Waals surface area contributed by atoms with Crippen LogP contribution in [0, 0.1) is 0 Å². The molecule has 0 unspecified atom stereocenters. The van der Waals surface area contributed by atoms with Gasteiger partial charge in [0.15, 0.2) is 29.6 Å². The molecular formula is C22H24N2O9. The summed E-state index contributed by atoms with van der Waals surface area (Å²) in [6, 6.07) is 6.61. The van der Waals surface area contributed by atoms with Crippen LogP contribution in [0.2, 0.25) is 0 Å². The van der Waals surface area contributed by atoms with E-state index < -0.39 is 12.5 Å². The predicted octanol–water partition coefficient (Wildman–Crippen LogP) is 2.13. The summed E-state index contributed by atoms with van der Waals surface area (Å²) in [7, 11) is 5.90. The second kappa shape index (κ2) is 10.5. The van der Waals surface area contributed by atoms with Crippen molar-refractivity contribution in [3.8, 4) is 34.5 Å². The zero-order valence-electron chi connectivity index (χ0n) is 18.5. The minimum absolute atomic E-state index is 0.0365. The van der Waals surface area contributed by atoms with Crippen LogP contribution < -0.4 is 29.2 Å². The van der Waals surface area contributed by atoms with Crippen LogP contribution in [0.4, 0.5) is 0 Å². The summed E-state index contributed by atoms with van der Waals surface area (Å²) < 4.78 is 27.6. The summed E-state index contributed by atoms with van der Waals surface area (Å²) in [6.45, 7) is -0.532. The highest BCUT2D eigenvalue weighted by molar-refractivity contribution is 6.06. The second-order valence-electron chi connectivity index (χ2n) is 6.65. The molecule has 1 aliphatic heterocycles. The van der Waals surface area contributed by atoms with Crippen molar-refractivity contribution in [1.29, 1.82) is 0 Å². The molecule has 0 saturated carbocycles. The zero-order valence-corrected chi connectivity index (χ0v) is 18.5. The topological polar surface area (TPSA) is 137 Å². The standard InChI is InChI=1S/C22H24N2O9/c1-28-17-6-5-12(7-16(17)25)14-8-13(24-33-11-19(26)23-27)10-32-20-15(14)9-18(29-2)21(30-3)22(20)31-4/h5-9,25,27H,10-11H2,1-4H3,(H,23,26). The molecule has 11 nitrogen and oxygen atoms in total. The van der Waals surface area contributed by atoms with E-state index in [2.05, 4.69) is 5.16 Å². The van der Waals surface area contributed by atoms with Crippen molar-refractivity contribution < 1.29 is 43.6 Å². The lowest BCUT2D eigenvalue weighted by atomic mass is 9.95. The molecule has 33 heavy (non-hydrogen) atoms. The number of phenols is 1. The first-order valence-corrected chi connectivity index (χ1v) is 9.64. The van der Waals surface area contributed by atoms with Gasteiger partial charge in [-0.25, -0.2) is 5.48 Å². The third-order valence-corrected chi connectivity index (χ3v) is 4.74. The molecule has 0 aliphatic carbocycles. The first kappa shape index (κ1) is 23.5. The molecule has 0 radical (unpaired) electrons. The minimum Gasteiger partial charge on any atom is -0.504 e. The summed E-state index contributed by atoms with van der Waals surface area (Å²) in [6.07, 6.45) is 1.68. The third kappa shape index (κ3) is 4.88. The number of nitrogens with one attached hydrogen (secondary N) is 1. The van der Waals surface area contributed by atoms with Gasteiger partial charge in [-0.15, -0.1) is 0 Å². The number of ether oxygens (including phenoxy) is 5. The Kier molecular flexibility index (Phi) is 7.46. The molecule has 1 amide bonds. The maximum atomic E-state index is 11.2. The molecule has 1 heterocycles. The molecule has 0 fully saturated rings. The van der Waals surface area contributed by atoms with Gasteiger partial charge < -0.3 is 33.6 Å². The van der Waals surface area contributed by atoms with Crippen LogP contribution >= 0.6 is 0 Å². The van der Waals surface area contributed by atoms with Crippen LogP contribution in [0.1, 0.15) is 11.1 Å². The smallest absolute Gasteiger partial charge is 0.284 e. The fourth-order valence-electron chi connectivity index (χ4n) is 3.26. The number of phenolic OH excluding ortho intramolecular Hbond substituents is 1. The Morgan fingerprint density at radius 1 is 1.06 bits per heavy atom. The highest BCUT2D eigenvalue weighted by Crippen LogP contribution is 2.50. The van der Waals surface area contributed by atoms with Crippen LogP contribution in [-0.2, 0) is 9.63 Å². The lowest BCUT2D eigenvalue weighted by Crippen LogP contribution is -2.23. The SMILES string of the molecule is COc1ccc(C2=CC(=NOCC(=O)NO)COc3c2cc(OC)c(OC)c3OC)cc1O. The number of hydrogen-bond donors (Lipinski definition) is 3. The summed E-state index contributed by atoms with van der Waals surface area (Å²) in [5, 5.41) is 22.9. The maximum Gasteiger partial charge on any atom is 0.284 e. The number of rotatable bonds is 8. The Labute approximate surface area is 189 Å². The van der Waals surface area contributed by atoms with Crippen LogP contribution in [0.3, 0.4) is 0 Å². The van der Waals surface area contributed by atoms with Gasteiger partial charge in [-0.05, 0) is 35.4 Å². The molecule has 2 aromatic rings. The van der Waals surface area contributed by atoms with E-state index in [1.165, 1.54) is 40.0 Å². The number of hydroxylamine groups is 1. The molecule has 0 bridgehead atoms. The maximum absolute atomic E-state index is 11.2. The molecule has 1 aliphatic rings. The first-order chi connectivity index (χ1) is 16.0. The summed E-state index contributed by atoms with van der Waals surface area (Å²) in [5.74, 6) is 0.874. The Morgan fingerprint density at radius 3 is 2.39 bits per heavy atom. The lowest BCUT2D eigenvalue weighted by molar-refractivity contribution is -0.133. The molecule has 0 saturated heterocycles. The normalized spacial score (nSPS) is 13.7. The van der Waals surface area contributed by atoms with Crippen molar-refractivity contribution in [2.75, 3.05) is 41.7 Å². The van der Waals surface area contributed by atoms with Crippen molar-refractivity contribution >= 4 is 17.2 Å². The molecule has 3 rings (SSSR count). The molecule has 3 N–H and O–H groups in total. The van der Waals surface area contributed by atoms with E-state index in [1.807, 2.05) is 0 Å². The van der Waals surface area contributed by atoms with Gasteiger partial charge in [-0.1, -0.05) is 11.2 Å². The van der Waals surface area contributed by atoms with Crippen LogP contribution in [0.5, 0.6) is 34.5 Å². The Morgan fingerprint density at radius 2 is 1.79 bits per heavy atom. The minimum atomic E-state index is -0.766. The molecule has 0 spiro atoms. The lowest BCUT2D eigenvalue weighted by Gasteiger charge is -2.19. The number of benzene rings is 2. The van der Waals surface area contributed by atoms with E-state index in [0.29, 0.717) is 51.2 Å². The molecule has 2 aromatic carbocycles. The fourth-order valence-corrected chi connectivity index (χ4v) is 3.26. The molecular weight excluding hydrogens is 436 g/mol. The van der Waals surface area contributed by atoms with Gasteiger partial charge in [0.05, 0.1) is 28.4 Å². The summed E-state index contributed by atoms with van der Waals surface area (Å²) in [4.78, 5) is 16.2. The van der Waals surface area contributed by atoms with Crippen LogP contribution in [0.25, 0.3) is 5.57 Å². The van der Waals surface area contributed by atoms with Crippen molar-refractivity contribution in [1.82, 2.24) is 5.48 Å². The fraction of sp³-hybridized carbons (Fsp3) is 0.273. The number of carbonyl (C=O) groups is 1. The van der Waals surface area contributed by atoms with E-state index in [4.69, 9.17) is 33.7 Å². The van der Waals surface area contributed by atoms with Gasteiger partial charge in [0.2, 0.25) is 11.5 Å². The number of hydrogen-bond acceptors (Lipinski definition) is 10. The Hall–Kier alpha value is -4.12. The van der Waals surface area contributed by atoms with Crippen molar-refractivity contribution in [3.05, 3.63) is 41.5 Å². The average molecular weight is 460 g/mol. The highest BCUT2D eigenvalue weighted by Gasteiger charge is 2.27. The Balaban J connectivity index is 2.20. The molecule has 0 aromatic heterocycles. The number of carbonyl (C=O) groups excluding carboxylic acids is 1. The summed E-state index contributed by atoms with van der Waals surface area (Å²) in [5.41, 5.74) is 3.55. The third-order valence-electron chi connectivity index (χ3n) is 4.74. The van der Waals surface area contributed by atoms with Crippen LogP contribution in [-0.4, -0.2) is 63.6 Å². The second-order valence-corrected chi connectivity index (χ2v) is 6.65. The van der Waals surface area contributed by atoms with Crippen LogP contribution in [0.15, 0.2) is 35.5 Å². The van der Waals surface area contributed by atoms with Crippen molar-refractivity contribution in [2.24, 2.45) is 5.16 Å². The molecule has 0 atom stereocenters. The number of oxime groups is 1. The Bertz CT molecular complexity index is 1100. The quantitative estimate of drug-likeness (QED) is 0.400. The highest BCUT2D eigenvalue weighted by atomic mass is 16.6. The van der Waals surface area contributed by atoms with E-state index in [0.717, 1.165) is 0 Å². The predicted molar refractivity (Wildman–Crippen MR) is 117 cm³/mol. The number of fused-ring (bicyclic) bond motifs is 1. The van der Waals surface area contributed by atoms with E-state index in [9.17, 15) is 9.90 Å². The van der Waals surface area contributed by atoms with Gasteiger partial charge in [0, 0.05) is 5.56 Å². The van der Waals surface area contributed by atoms with Gasteiger partial charge >= 0.3 is 0 Å². The largest absolute Gasteiger partial charge is 0.504 e. The van der Waals surface area contributed by atoms with Gasteiger partial charge in [0.1, 0.15) is 12.3 Å². The van der Waals surface area contributed by atoms with Crippen molar-refractivity contribution in [2.45, 2.75) is 0 Å². The molecule has 11 heteroatoms. The number of methoxy groups -OCH3 is 4. The van der Waals surface area contributed by atoms with Crippen molar-refractivity contribution in [3.63, 3.8) is 0 Å². The van der Waals surface area contributed by atoms with E-state index in [1.54, 1.807) is 24.3 Å². The van der Waals surface area contributed by atoms with Gasteiger partial charge in [-0.3, -0.25) is 10.0 Å². The number of aromatic hydroxyl groups is 1. The molecule has 176 valence electrons. The summed E-state index contributed by atoms with van der Waals surface area (Å²) >= 11 is 0. The number of amides is 1. The number of nitrogens with zero attached hydrogens (tertiary/aromatic N) is 1. The average Bonchev–Trinajstić information content (AvgIpc) is 3.01. The van der Waals surface area contributed by atoms with Gasteiger partial charge in [0.25, 0.3) is 5.91 Å². The zero-order chi connectivity index (χ0) is 24.0. The van der Waals surface area contributed by atoms with Gasteiger partial charge in [-0.2, -0.15) is 0 Å². The van der Waals surface area contributed by atoms with E-state index >= 15 is 0 Å². The first-order valence-electron chi connectivity index (χ1n) is 9.64.